The van der Waals surface area contributed by atoms with Crippen LogP contribution in [0.4, 0.5) is 0 Å². The molecule has 0 aliphatic heterocycles. The van der Waals surface area contributed by atoms with Crippen LogP contribution in [0.5, 0.6) is 0 Å². The fourth-order valence-corrected chi connectivity index (χ4v) is 2.38. The van der Waals surface area contributed by atoms with Crippen LogP contribution in [0.2, 0.25) is 0 Å². The molecule has 0 radical (unpaired) electrons. The monoisotopic (exact) mass is 211 g/mol. The smallest absolute Gasteiger partial charge is 0.159 e. The van der Waals surface area contributed by atoms with E-state index in [1.165, 1.54) is 16.5 Å². The van der Waals surface area contributed by atoms with Gasteiger partial charge in [0.25, 0.3) is 0 Å². The quantitative estimate of drug-likeness (QED) is 0.771. The molecule has 0 spiro atoms. The van der Waals surface area contributed by atoms with Gasteiger partial charge in [-0.1, -0.05) is 6.07 Å². The lowest BCUT2D eigenvalue weighted by atomic mass is 10.0. The van der Waals surface area contributed by atoms with E-state index in [4.69, 9.17) is 0 Å². The molecule has 0 saturated carbocycles. The lowest BCUT2D eigenvalue weighted by Gasteiger charge is -2.03. The average Bonchev–Trinajstić information content (AvgIpc) is 2.86. The number of H-pyrrole nitrogens is 1. The van der Waals surface area contributed by atoms with Gasteiger partial charge in [-0.15, -0.1) is 0 Å². The number of carbonyl (C=O) groups is 1. The third kappa shape index (κ3) is 1.30. The van der Waals surface area contributed by atoms with Crippen LogP contribution in [-0.2, 0) is 4.79 Å². The standard InChI is InChI=1S/C14H13NO/c1-9-12(3-5-14(9)16)10-2-4-13-11(8-10)6-7-15-13/h2,4,6-8,15H,3,5H2,1H3. The molecule has 2 aromatic rings. The molecule has 1 N–H and O–H groups in total. The Labute approximate surface area is 94.0 Å². The lowest BCUT2D eigenvalue weighted by molar-refractivity contribution is -0.114. The van der Waals surface area contributed by atoms with E-state index >= 15 is 0 Å². The van der Waals surface area contributed by atoms with Crippen molar-refractivity contribution in [3.8, 4) is 0 Å². The lowest BCUT2D eigenvalue weighted by Crippen LogP contribution is -1.90. The molecule has 2 heteroatoms. The molecular weight excluding hydrogens is 198 g/mol. The highest BCUT2D eigenvalue weighted by atomic mass is 16.1. The third-order valence-corrected chi connectivity index (χ3v) is 3.37. The summed E-state index contributed by atoms with van der Waals surface area (Å²) in [6, 6.07) is 8.39. The van der Waals surface area contributed by atoms with Crippen molar-refractivity contribution in [3.05, 3.63) is 41.6 Å². The van der Waals surface area contributed by atoms with Gasteiger partial charge >= 0.3 is 0 Å². The Hall–Kier alpha value is -1.83. The van der Waals surface area contributed by atoms with E-state index in [0.29, 0.717) is 12.2 Å². The molecule has 0 amide bonds. The first kappa shape index (κ1) is 9.40. The van der Waals surface area contributed by atoms with Gasteiger partial charge in [0.15, 0.2) is 5.78 Å². The fraction of sp³-hybridized carbons (Fsp3) is 0.214. The summed E-state index contributed by atoms with van der Waals surface area (Å²) >= 11 is 0. The van der Waals surface area contributed by atoms with Gasteiger partial charge in [0.05, 0.1) is 0 Å². The van der Waals surface area contributed by atoms with Crippen molar-refractivity contribution >= 4 is 22.3 Å². The van der Waals surface area contributed by atoms with Crippen LogP contribution in [-0.4, -0.2) is 10.8 Å². The Morgan fingerprint density at radius 3 is 2.81 bits per heavy atom. The maximum absolute atomic E-state index is 11.5. The van der Waals surface area contributed by atoms with Crippen molar-refractivity contribution < 1.29 is 4.79 Å². The predicted molar refractivity (Wildman–Crippen MR) is 65.1 cm³/mol. The number of hydrogen-bond donors (Lipinski definition) is 1. The summed E-state index contributed by atoms with van der Waals surface area (Å²) in [7, 11) is 0. The summed E-state index contributed by atoms with van der Waals surface area (Å²) in [5, 5.41) is 1.21. The molecule has 1 aliphatic rings. The van der Waals surface area contributed by atoms with Crippen molar-refractivity contribution in [2.45, 2.75) is 19.8 Å². The number of fused-ring (bicyclic) bond motifs is 1. The number of Topliss-reactive ketones (excluding diaryl/α,β-unsaturated/α-hetero) is 1. The molecule has 1 aromatic carbocycles. The van der Waals surface area contributed by atoms with Crippen molar-refractivity contribution in [1.82, 2.24) is 4.98 Å². The molecule has 3 rings (SSSR count). The summed E-state index contributed by atoms with van der Waals surface area (Å²) in [5.41, 5.74) is 4.49. The van der Waals surface area contributed by atoms with E-state index < -0.39 is 0 Å². The van der Waals surface area contributed by atoms with E-state index in [9.17, 15) is 4.79 Å². The highest BCUT2D eigenvalue weighted by molar-refractivity contribution is 6.07. The predicted octanol–water partition coefficient (Wildman–Crippen LogP) is 3.30. The van der Waals surface area contributed by atoms with Gasteiger partial charge in [-0.05, 0) is 53.6 Å². The second kappa shape index (κ2) is 3.34. The number of benzene rings is 1. The summed E-state index contributed by atoms with van der Waals surface area (Å²) in [6.07, 6.45) is 3.50. The van der Waals surface area contributed by atoms with Crippen LogP contribution in [0, 0.1) is 0 Å². The van der Waals surface area contributed by atoms with Crippen LogP contribution < -0.4 is 0 Å². The minimum Gasteiger partial charge on any atom is -0.361 e. The molecule has 0 fully saturated rings. The summed E-state index contributed by atoms with van der Waals surface area (Å²) in [6.45, 7) is 1.94. The van der Waals surface area contributed by atoms with E-state index in [2.05, 4.69) is 29.2 Å². The molecule has 0 unspecified atom stereocenters. The minimum atomic E-state index is 0.296. The number of ketones is 1. The maximum atomic E-state index is 11.5. The fourth-order valence-electron chi connectivity index (χ4n) is 2.38. The number of rotatable bonds is 1. The molecule has 2 nitrogen and oxygen atoms in total. The molecule has 0 saturated heterocycles. The van der Waals surface area contributed by atoms with Crippen LogP contribution in [0.25, 0.3) is 16.5 Å². The van der Waals surface area contributed by atoms with E-state index in [0.717, 1.165) is 17.5 Å². The van der Waals surface area contributed by atoms with Gasteiger partial charge in [0, 0.05) is 18.1 Å². The van der Waals surface area contributed by atoms with Crippen LogP contribution in [0.1, 0.15) is 25.3 Å². The Morgan fingerprint density at radius 2 is 2.06 bits per heavy atom. The number of aromatic nitrogens is 1. The molecule has 1 aliphatic carbocycles. The number of hydrogen-bond acceptors (Lipinski definition) is 1. The normalized spacial score (nSPS) is 16.4. The van der Waals surface area contributed by atoms with Crippen molar-refractivity contribution in [2.75, 3.05) is 0 Å². The van der Waals surface area contributed by atoms with Crippen molar-refractivity contribution in [2.24, 2.45) is 0 Å². The molecule has 80 valence electrons. The minimum absolute atomic E-state index is 0.296. The van der Waals surface area contributed by atoms with Gasteiger partial charge < -0.3 is 4.98 Å². The van der Waals surface area contributed by atoms with Crippen LogP contribution >= 0.6 is 0 Å². The highest BCUT2D eigenvalue weighted by Crippen LogP contribution is 2.32. The second-order valence-electron chi connectivity index (χ2n) is 4.31. The van der Waals surface area contributed by atoms with Gasteiger partial charge in [0.1, 0.15) is 0 Å². The molecule has 1 heterocycles. The summed E-state index contributed by atoms with van der Waals surface area (Å²) in [5.74, 6) is 0.296. The molecule has 0 atom stereocenters. The number of nitrogens with one attached hydrogen (secondary N) is 1. The first-order chi connectivity index (χ1) is 7.75. The molecule has 16 heavy (non-hydrogen) atoms. The molecule has 1 aromatic heterocycles. The van der Waals surface area contributed by atoms with Gasteiger partial charge in [-0.25, -0.2) is 0 Å². The molecular formula is C14H13NO. The number of carbonyl (C=O) groups excluding carboxylic acids is 1. The summed E-state index contributed by atoms with van der Waals surface area (Å²) in [4.78, 5) is 14.7. The van der Waals surface area contributed by atoms with E-state index in [1.54, 1.807) is 0 Å². The van der Waals surface area contributed by atoms with E-state index in [-0.39, 0.29) is 0 Å². The van der Waals surface area contributed by atoms with Gasteiger partial charge in [-0.3, -0.25) is 4.79 Å². The van der Waals surface area contributed by atoms with Crippen LogP contribution in [0.3, 0.4) is 0 Å². The molecule has 0 bridgehead atoms. The first-order valence-electron chi connectivity index (χ1n) is 5.56. The van der Waals surface area contributed by atoms with Crippen molar-refractivity contribution in [3.63, 3.8) is 0 Å². The highest BCUT2D eigenvalue weighted by Gasteiger charge is 2.20. The Morgan fingerprint density at radius 1 is 1.19 bits per heavy atom. The Kier molecular flexibility index (Phi) is 1.96. The number of allylic oxidation sites excluding steroid dienone is 2. The first-order valence-corrected chi connectivity index (χ1v) is 5.56. The second-order valence-corrected chi connectivity index (χ2v) is 4.31. The van der Waals surface area contributed by atoms with Gasteiger partial charge in [0.2, 0.25) is 0 Å². The maximum Gasteiger partial charge on any atom is 0.159 e. The van der Waals surface area contributed by atoms with Gasteiger partial charge in [-0.2, -0.15) is 0 Å². The van der Waals surface area contributed by atoms with Crippen LogP contribution in [0.15, 0.2) is 36.0 Å². The largest absolute Gasteiger partial charge is 0.361 e. The SMILES string of the molecule is CC1=C(c2ccc3[nH]ccc3c2)CCC1=O. The summed E-state index contributed by atoms with van der Waals surface area (Å²) < 4.78 is 0. The average molecular weight is 211 g/mol. The number of aromatic amines is 1. The van der Waals surface area contributed by atoms with E-state index in [1.807, 2.05) is 13.1 Å². The van der Waals surface area contributed by atoms with Crippen molar-refractivity contribution in [1.29, 1.82) is 0 Å². The Balaban J connectivity index is 2.16. The Bertz CT molecular complexity index is 604. The third-order valence-electron chi connectivity index (χ3n) is 3.37. The zero-order valence-corrected chi connectivity index (χ0v) is 9.21. The topological polar surface area (TPSA) is 32.9 Å². The zero-order chi connectivity index (χ0) is 11.1. The zero-order valence-electron chi connectivity index (χ0n) is 9.21.